The molecule has 6 heteroatoms. The van der Waals surface area contributed by atoms with E-state index >= 15 is 0 Å². The van der Waals surface area contributed by atoms with Crippen LogP contribution in [-0.2, 0) is 0 Å². The molecular weight excluding hydrogens is 276 g/mol. The Labute approximate surface area is 118 Å². The number of hydrogen-bond acceptors (Lipinski definition) is 3. The van der Waals surface area contributed by atoms with Gasteiger partial charge in [-0.2, -0.15) is 0 Å². The van der Waals surface area contributed by atoms with Gasteiger partial charge in [0.05, 0.1) is 0 Å². The summed E-state index contributed by atoms with van der Waals surface area (Å²) < 4.78 is 1.45. The average Bonchev–Trinajstić information content (AvgIpc) is 2.25. The molecular formula is C10H18N2S4. The fourth-order valence-electron chi connectivity index (χ4n) is 1.71. The molecule has 0 aliphatic heterocycles. The van der Waals surface area contributed by atoms with Gasteiger partial charge in [-0.05, 0) is 12.8 Å². The van der Waals surface area contributed by atoms with E-state index in [0.717, 1.165) is 22.7 Å². The van der Waals surface area contributed by atoms with E-state index in [2.05, 4.69) is 23.3 Å². The number of thiol groups is 1. The van der Waals surface area contributed by atoms with Crippen LogP contribution >= 0.6 is 48.8 Å². The molecule has 0 aromatic rings. The van der Waals surface area contributed by atoms with Crippen LogP contribution in [0.5, 0.6) is 0 Å². The Balaban J connectivity index is 2.03. The molecule has 0 saturated heterocycles. The predicted molar refractivity (Wildman–Crippen MR) is 84.7 cm³/mol. The molecule has 0 unspecified atom stereocenters. The maximum absolute atomic E-state index is 5.29. The highest BCUT2D eigenvalue weighted by molar-refractivity contribution is 8.23. The van der Waals surface area contributed by atoms with Crippen LogP contribution in [0.25, 0.3) is 0 Å². The molecule has 1 aliphatic rings. The molecule has 0 heterocycles. The minimum Gasteiger partial charge on any atom is -0.369 e. The Morgan fingerprint density at radius 3 is 2.38 bits per heavy atom. The lowest BCUT2D eigenvalue weighted by molar-refractivity contribution is 0.517. The fourth-order valence-corrected chi connectivity index (χ4v) is 3.49. The third-order valence-corrected chi connectivity index (χ3v) is 4.40. The number of nitrogens with one attached hydrogen (secondary N) is 2. The van der Waals surface area contributed by atoms with Crippen molar-refractivity contribution in [2.24, 2.45) is 0 Å². The van der Waals surface area contributed by atoms with Gasteiger partial charge < -0.3 is 10.6 Å². The minimum absolute atomic E-state index is 0.535. The van der Waals surface area contributed by atoms with Crippen molar-refractivity contribution in [2.45, 2.75) is 37.4 Å². The zero-order chi connectivity index (χ0) is 11.8. The summed E-state index contributed by atoms with van der Waals surface area (Å²) in [5.74, 6) is 0. The van der Waals surface area contributed by atoms with E-state index in [4.69, 9.17) is 24.4 Å². The first-order valence-corrected chi connectivity index (χ1v) is 7.74. The lowest BCUT2D eigenvalue weighted by Crippen LogP contribution is -2.31. The smallest absolute Gasteiger partial charge is 0.134 e. The standard InChI is InChI=1S/C10H18N2S4/c13-9(14)11-6-7-12-10(15)16-8-4-2-1-3-5-8/h8H,1-7H2,(H,12,15)(H2,11,13,14). The number of rotatable bonds is 4. The van der Waals surface area contributed by atoms with Crippen molar-refractivity contribution in [3.63, 3.8) is 0 Å². The van der Waals surface area contributed by atoms with E-state index in [9.17, 15) is 0 Å². The highest BCUT2D eigenvalue weighted by Gasteiger charge is 2.15. The van der Waals surface area contributed by atoms with E-state index in [1.165, 1.54) is 32.1 Å². The summed E-state index contributed by atoms with van der Waals surface area (Å²) >= 11 is 15.9. The van der Waals surface area contributed by atoms with Gasteiger partial charge in [0.1, 0.15) is 8.64 Å². The van der Waals surface area contributed by atoms with Gasteiger partial charge in [-0.25, -0.2) is 0 Å². The first-order chi connectivity index (χ1) is 7.68. The fraction of sp³-hybridized carbons (Fsp3) is 0.800. The van der Waals surface area contributed by atoms with Crippen LogP contribution in [0, 0.1) is 0 Å². The monoisotopic (exact) mass is 294 g/mol. The second kappa shape index (κ2) is 8.55. The molecule has 16 heavy (non-hydrogen) atoms. The van der Waals surface area contributed by atoms with Gasteiger partial charge in [-0.15, -0.1) is 12.6 Å². The van der Waals surface area contributed by atoms with E-state index in [1.807, 2.05) is 11.8 Å². The molecule has 1 fully saturated rings. The van der Waals surface area contributed by atoms with Crippen LogP contribution in [0.4, 0.5) is 0 Å². The molecule has 2 N–H and O–H groups in total. The molecule has 0 radical (unpaired) electrons. The van der Waals surface area contributed by atoms with Crippen LogP contribution in [0.2, 0.25) is 0 Å². The number of hydrogen-bond donors (Lipinski definition) is 3. The van der Waals surface area contributed by atoms with Gasteiger partial charge in [0.25, 0.3) is 0 Å². The highest BCUT2D eigenvalue weighted by atomic mass is 32.2. The van der Waals surface area contributed by atoms with Crippen LogP contribution in [0.3, 0.4) is 0 Å². The van der Waals surface area contributed by atoms with Gasteiger partial charge in [-0.3, -0.25) is 0 Å². The molecule has 2 nitrogen and oxygen atoms in total. The molecule has 1 saturated carbocycles. The van der Waals surface area contributed by atoms with Gasteiger partial charge in [0, 0.05) is 18.3 Å². The van der Waals surface area contributed by atoms with E-state index in [1.54, 1.807) is 0 Å². The SMILES string of the molecule is S=C(S)NCCNC(=S)SC1CCCCC1. The summed E-state index contributed by atoms with van der Waals surface area (Å²) in [5.41, 5.74) is 0. The first kappa shape index (κ1) is 14.5. The average molecular weight is 295 g/mol. The Hall–Kier alpha value is 0.480. The Kier molecular flexibility index (Phi) is 7.77. The van der Waals surface area contributed by atoms with Gasteiger partial charge >= 0.3 is 0 Å². The minimum atomic E-state index is 0.535. The summed E-state index contributed by atoms with van der Waals surface area (Å²) in [6.07, 6.45) is 6.73. The Morgan fingerprint density at radius 2 is 1.75 bits per heavy atom. The van der Waals surface area contributed by atoms with E-state index in [0.29, 0.717) is 4.32 Å². The Morgan fingerprint density at radius 1 is 1.12 bits per heavy atom. The zero-order valence-corrected chi connectivity index (χ0v) is 12.5. The van der Waals surface area contributed by atoms with E-state index < -0.39 is 0 Å². The summed E-state index contributed by atoms with van der Waals surface area (Å²) in [4.78, 5) is 0. The van der Waals surface area contributed by atoms with Crippen molar-refractivity contribution in [3.8, 4) is 0 Å². The van der Waals surface area contributed by atoms with Crippen molar-refractivity contribution in [1.29, 1.82) is 0 Å². The molecule has 0 amide bonds. The van der Waals surface area contributed by atoms with E-state index in [-0.39, 0.29) is 0 Å². The van der Waals surface area contributed by atoms with Crippen molar-refractivity contribution in [2.75, 3.05) is 13.1 Å². The van der Waals surface area contributed by atoms with Crippen LogP contribution < -0.4 is 10.6 Å². The second-order valence-electron chi connectivity index (χ2n) is 3.82. The van der Waals surface area contributed by atoms with Crippen molar-refractivity contribution in [3.05, 3.63) is 0 Å². The molecule has 92 valence electrons. The van der Waals surface area contributed by atoms with Crippen molar-refractivity contribution < 1.29 is 0 Å². The summed E-state index contributed by atoms with van der Waals surface area (Å²) in [6, 6.07) is 0. The molecule has 1 aliphatic carbocycles. The molecule has 0 aromatic heterocycles. The molecule has 0 atom stereocenters. The largest absolute Gasteiger partial charge is 0.369 e. The van der Waals surface area contributed by atoms with Crippen LogP contribution in [-0.4, -0.2) is 27.0 Å². The highest BCUT2D eigenvalue weighted by Crippen LogP contribution is 2.28. The third-order valence-electron chi connectivity index (χ3n) is 2.50. The molecule has 0 spiro atoms. The lowest BCUT2D eigenvalue weighted by atomic mass is 10.0. The van der Waals surface area contributed by atoms with Crippen molar-refractivity contribution >= 4 is 57.5 Å². The van der Waals surface area contributed by atoms with Gasteiger partial charge in [0.15, 0.2) is 0 Å². The van der Waals surface area contributed by atoms with Crippen molar-refractivity contribution in [1.82, 2.24) is 10.6 Å². The summed E-state index contributed by atoms with van der Waals surface area (Å²) in [5, 5.41) is 6.92. The number of thioether (sulfide) groups is 1. The quantitative estimate of drug-likeness (QED) is 0.421. The van der Waals surface area contributed by atoms with Crippen LogP contribution in [0.15, 0.2) is 0 Å². The maximum atomic E-state index is 5.29. The van der Waals surface area contributed by atoms with Crippen LogP contribution in [0.1, 0.15) is 32.1 Å². The first-order valence-electron chi connectivity index (χ1n) is 5.60. The topological polar surface area (TPSA) is 24.1 Å². The molecule has 1 rings (SSSR count). The van der Waals surface area contributed by atoms with Gasteiger partial charge in [0.2, 0.25) is 0 Å². The maximum Gasteiger partial charge on any atom is 0.134 e. The predicted octanol–water partition coefficient (Wildman–Crippen LogP) is 2.73. The summed E-state index contributed by atoms with van der Waals surface area (Å²) in [6.45, 7) is 1.58. The zero-order valence-electron chi connectivity index (χ0n) is 9.20. The summed E-state index contributed by atoms with van der Waals surface area (Å²) in [7, 11) is 0. The normalized spacial score (nSPS) is 16.8. The number of thiocarbonyl (C=S) groups is 2. The van der Waals surface area contributed by atoms with Gasteiger partial charge in [-0.1, -0.05) is 55.5 Å². The second-order valence-corrected chi connectivity index (χ2v) is 6.96. The third kappa shape index (κ3) is 6.93. The molecule has 0 bridgehead atoms. The molecule has 0 aromatic carbocycles. The Bertz CT molecular complexity index is 239. The lowest BCUT2D eigenvalue weighted by Gasteiger charge is -2.21.